The average Bonchev–Trinajstić information content (AvgIpc) is 2.65. The fourth-order valence-electron chi connectivity index (χ4n) is 5.21. The molecule has 0 atom stereocenters. The van der Waals surface area contributed by atoms with Gasteiger partial charge in [0.05, 0.1) is 0 Å². The molecule has 3 rings (SSSR count). The van der Waals surface area contributed by atoms with E-state index >= 15 is 0 Å². The van der Waals surface area contributed by atoms with Crippen molar-refractivity contribution in [3.8, 4) is 0 Å². The van der Waals surface area contributed by atoms with E-state index in [1.807, 2.05) is 0 Å². The molecule has 1 nitrogen and oxygen atoms in total. The van der Waals surface area contributed by atoms with Gasteiger partial charge in [-0.25, -0.2) is 9.37 Å². The van der Waals surface area contributed by atoms with Gasteiger partial charge in [0.15, 0.2) is 5.82 Å². The van der Waals surface area contributed by atoms with Gasteiger partial charge in [0.25, 0.3) is 0 Å². The largest absolute Gasteiger partial charge is 0.248 e. The van der Waals surface area contributed by atoms with Crippen LogP contribution >= 0.6 is 0 Å². The number of nitrogens with zero attached hydrogens (tertiary/aromatic N) is 1. The van der Waals surface area contributed by atoms with Crippen LogP contribution in [0.25, 0.3) is 0 Å². The van der Waals surface area contributed by atoms with Gasteiger partial charge >= 0.3 is 0 Å². The van der Waals surface area contributed by atoms with E-state index in [1.54, 1.807) is 0 Å². The van der Waals surface area contributed by atoms with Gasteiger partial charge in [-0.3, -0.25) is 0 Å². The molecule has 1 aromatic rings. The Morgan fingerprint density at radius 2 is 1.56 bits per heavy atom. The van der Waals surface area contributed by atoms with Crippen LogP contribution in [0.4, 0.5) is 8.78 Å². The number of halogens is 2. The number of hydrogen-bond acceptors (Lipinski definition) is 1. The van der Waals surface area contributed by atoms with Crippen LogP contribution in [0.3, 0.4) is 0 Å². The molecule has 0 spiro atoms. The highest BCUT2D eigenvalue weighted by Crippen LogP contribution is 2.44. The maximum atomic E-state index is 13.4. The lowest BCUT2D eigenvalue weighted by molar-refractivity contribution is 0.155. The molecule has 0 N–H and O–H groups in total. The van der Waals surface area contributed by atoms with Gasteiger partial charge in [0, 0.05) is 6.20 Å². The standard InChI is InChI=1S/C22H33F2N/c1-2-3-4-5-16-6-8-17(9-7-16)18-10-12-19(13-11-18)20-14-21(23)22(24)25-15-20/h14-19H,2-13H2,1H3/t16-,17-,18-,19-. The second-order valence-corrected chi connectivity index (χ2v) is 8.43. The predicted molar refractivity (Wildman–Crippen MR) is 98.4 cm³/mol. The summed E-state index contributed by atoms with van der Waals surface area (Å²) in [5, 5.41) is 0. The Labute approximate surface area is 151 Å². The van der Waals surface area contributed by atoms with Crippen LogP contribution in [0.5, 0.6) is 0 Å². The summed E-state index contributed by atoms with van der Waals surface area (Å²) in [6.45, 7) is 2.28. The predicted octanol–water partition coefficient (Wildman–Crippen LogP) is 7.02. The van der Waals surface area contributed by atoms with Crippen LogP contribution in [0.15, 0.2) is 12.3 Å². The molecule has 0 aliphatic heterocycles. The molecule has 0 radical (unpaired) electrons. The van der Waals surface area contributed by atoms with Gasteiger partial charge in [0.2, 0.25) is 5.95 Å². The maximum Gasteiger partial charge on any atom is 0.248 e. The van der Waals surface area contributed by atoms with E-state index < -0.39 is 11.8 Å². The zero-order valence-corrected chi connectivity index (χ0v) is 15.7. The molecule has 0 amide bonds. The minimum Gasteiger partial charge on any atom is -0.225 e. The molecule has 1 heterocycles. The topological polar surface area (TPSA) is 12.9 Å². The average molecular weight is 350 g/mol. The first kappa shape index (κ1) is 18.8. The van der Waals surface area contributed by atoms with Crippen LogP contribution < -0.4 is 0 Å². The van der Waals surface area contributed by atoms with E-state index in [-0.39, 0.29) is 0 Å². The van der Waals surface area contributed by atoms with Crippen molar-refractivity contribution in [2.24, 2.45) is 17.8 Å². The molecule has 2 saturated carbocycles. The zero-order chi connectivity index (χ0) is 17.6. The van der Waals surface area contributed by atoms with E-state index in [4.69, 9.17) is 0 Å². The zero-order valence-electron chi connectivity index (χ0n) is 15.7. The lowest BCUT2D eigenvalue weighted by Gasteiger charge is -2.38. The highest BCUT2D eigenvalue weighted by molar-refractivity contribution is 5.17. The first-order valence-corrected chi connectivity index (χ1v) is 10.5. The van der Waals surface area contributed by atoms with Crippen molar-refractivity contribution >= 4 is 0 Å². The highest BCUT2D eigenvalue weighted by atomic mass is 19.2. The van der Waals surface area contributed by atoms with Crippen molar-refractivity contribution < 1.29 is 8.78 Å². The maximum absolute atomic E-state index is 13.4. The van der Waals surface area contributed by atoms with E-state index in [0.717, 1.165) is 36.2 Å². The number of hydrogen-bond donors (Lipinski definition) is 0. The van der Waals surface area contributed by atoms with Crippen LogP contribution in [-0.2, 0) is 0 Å². The molecular formula is C22H33F2N. The second-order valence-electron chi connectivity index (χ2n) is 8.43. The van der Waals surface area contributed by atoms with Crippen LogP contribution in [0.2, 0.25) is 0 Å². The highest BCUT2D eigenvalue weighted by Gasteiger charge is 2.31. The van der Waals surface area contributed by atoms with Gasteiger partial charge in [-0.15, -0.1) is 0 Å². The molecule has 3 heteroatoms. The van der Waals surface area contributed by atoms with E-state index in [1.165, 1.54) is 76.5 Å². The summed E-state index contributed by atoms with van der Waals surface area (Å²) >= 11 is 0. The van der Waals surface area contributed by atoms with Gasteiger partial charge in [-0.1, -0.05) is 45.4 Å². The smallest absolute Gasteiger partial charge is 0.225 e. The Morgan fingerprint density at radius 3 is 2.16 bits per heavy atom. The van der Waals surface area contributed by atoms with E-state index in [0.29, 0.717) is 5.92 Å². The van der Waals surface area contributed by atoms with Crippen LogP contribution in [0.1, 0.15) is 95.5 Å². The third-order valence-corrected chi connectivity index (χ3v) is 6.83. The number of aromatic nitrogens is 1. The van der Waals surface area contributed by atoms with Crippen molar-refractivity contribution in [1.29, 1.82) is 0 Å². The molecule has 0 unspecified atom stereocenters. The van der Waals surface area contributed by atoms with Crippen molar-refractivity contribution in [3.63, 3.8) is 0 Å². The van der Waals surface area contributed by atoms with Gasteiger partial charge in [-0.05, 0) is 73.8 Å². The minimum absolute atomic E-state index is 0.365. The molecule has 0 bridgehead atoms. The van der Waals surface area contributed by atoms with Crippen molar-refractivity contribution in [3.05, 3.63) is 29.6 Å². The van der Waals surface area contributed by atoms with E-state index in [2.05, 4.69) is 11.9 Å². The summed E-state index contributed by atoms with van der Waals surface area (Å²) < 4.78 is 26.4. The van der Waals surface area contributed by atoms with Gasteiger partial charge in [0.1, 0.15) is 0 Å². The van der Waals surface area contributed by atoms with E-state index in [9.17, 15) is 8.78 Å². The third kappa shape index (κ3) is 5.01. The number of pyridine rings is 1. The minimum atomic E-state index is -0.979. The Balaban J connectivity index is 1.43. The molecular weight excluding hydrogens is 316 g/mol. The summed E-state index contributed by atoms with van der Waals surface area (Å²) in [5.74, 6) is 1.32. The molecule has 2 aliphatic carbocycles. The molecule has 1 aromatic heterocycles. The van der Waals surface area contributed by atoms with Crippen molar-refractivity contribution in [1.82, 2.24) is 4.98 Å². The Bertz CT molecular complexity index is 529. The molecule has 25 heavy (non-hydrogen) atoms. The van der Waals surface area contributed by atoms with Crippen LogP contribution in [-0.4, -0.2) is 4.98 Å². The summed E-state index contributed by atoms with van der Waals surface area (Å²) in [6.07, 6.45) is 17.5. The second kappa shape index (κ2) is 9.09. The first-order valence-electron chi connectivity index (χ1n) is 10.5. The molecule has 2 fully saturated rings. The lowest BCUT2D eigenvalue weighted by atomic mass is 9.68. The molecule has 0 aromatic carbocycles. The van der Waals surface area contributed by atoms with Gasteiger partial charge in [-0.2, -0.15) is 4.39 Å². The molecule has 0 saturated heterocycles. The summed E-state index contributed by atoms with van der Waals surface area (Å²) in [6, 6.07) is 1.36. The first-order chi connectivity index (χ1) is 12.2. The van der Waals surface area contributed by atoms with Crippen molar-refractivity contribution in [2.45, 2.75) is 89.9 Å². The van der Waals surface area contributed by atoms with Crippen LogP contribution in [0, 0.1) is 29.5 Å². The quantitative estimate of drug-likeness (QED) is 0.397. The fourth-order valence-corrected chi connectivity index (χ4v) is 5.21. The number of rotatable bonds is 6. The monoisotopic (exact) mass is 349 g/mol. The fraction of sp³-hybridized carbons (Fsp3) is 0.773. The Kier molecular flexibility index (Phi) is 6.84. The lowest BCUT2D eigenvalue weighted by Crippen LogP contribution is -2.25. The Hall–Kier alpha value is -0.990. The summed E-state index contributed by atoms with van der Waals surface area (Å²) in [5.41, 5.74) is 0.886. The number of unbranched alkanes of at least 4 members (excludes halogenated alkanes) is 2. The molecule has 140 valence electrons. The van der Waals surface area contributed by atoms with Gasteiger partial charge < -0.3 is 0 Å². The SMILES string of the molecule is CCCCC[C@H]1CC[C@H]([C@H]2CC[C@H](c3cnc(F)c(F)c3)CC2)CC1. The Morgan fingerprint density at radius 1 is 0.920 bits per heavy atom. The van der Waals surface area contributed by atoms with Crippen molar-refractivity contribution in [2.75, 3.05) is 0 Å². The summed E-state index contributed by atoms with van der Waals surface area (Å²) in [4.78, 5) is 3.56. The summed E-state index contributed by atoms with van der Waals surface area (Å²) in [7, 11) is 0. The third-order valence-electron chi connectivity index (χ3n) is 6.83. The molecule has 2 aliphatic rings. The normalized spacial score (nSPS) is 30.4.